The molecule has 19 heavy (non-hydrogen) atoms. The number of ketones is 1. The fraction of sp³-hybridized carbons (Fsp3) is 0.385. The molecule has 2 heterocycles. The minimum Gasteiger partial charge on any atom is -0.493 e. The maximum atomic E-state index is 12.5. The predicted octanol–water partition coefficient (Wildman–Crippen LogP) is 1.63. The van der Waals surface area contributed by atoms with E-state index in [1.54, 1.807) is 17.1 Å². The predicted molar refractivity (Wildman–Crippen MR) is 69.3 cm³/mol. The zero-order chi connectivity index (χ0) is 13.8. The van der Waals surface area contributed by atoms with Crippen molar-refractivity contribution in [1.82, 2.24) is 19.7 Å². The number of hydrogen-bond donors (Lipinski definition) is 0. The van der Waals surface area contributed by atoms with E-state index in [0.717, 1.165) is 12.1 Å². The Bertz CT molecular complexity index is 575. The van der Waals surface area contributed by atoms with E-state index < -0.39 is 0 Å². The van der Waals surface area contributed by atoms with E-state index >= 15 is 0 Å². The van der Waals surface area contributed by atoms with Crippen LogP contribution >= 0.6 is 0 Å². The zero-order valence-electron chi connectivity index (χ0n) is 11.3. The van der Waals surface area contributed by atoms with Crippen LogP contribution in [0, 0.1) is 6.92 Å². The highest BCUT2D eigenvalue weighted by molar-refractivity contribution is 6.08. The maximum Gasteiger partial charge on any atom is 0.234 e. The third kappa shape index (κ3) is 2.62. The van der Waals surface area contributed by atoms with Crippen molar-refractivity contribution >= 4 is 5.78 Å². The molecule has 0 aliphatic heterocycles. The van der Waals surface area contributed by atoms with Gasteiger partial charge in [0, 0.05) is 12.7 Å². The minimum atomic E-state index is -0.227. The number of rotatable bonds is 5. The van der Waals surface area contributed by atoms with Crippen molar-refractivity contribution in [3.05, 3.63) is 35.7 Å². The molecular formula is C13H16N4O2. The Labute approximate surface area is 111 Å². The summed E-state index contributed by atoms with van der Waals surface area (Å²) in [6, 6.07) is 0. The molecule has 0 spiro atoms. The molecule has 0 radical (unpaired) electrons. The molecule has 0 aliphatic carbocycles. The second kappa shape index (κ2) is 5.60. The van der Waals surface area contributed by atoms with Gasteiger partial charge < -0.3 is 4.74 Å². The number of aryl methyl sites for hydroxylation is 2. The summed E-state index contributed by atoms with van der Waals surface area (Å²) in [7, 11) is 1.52. The molecule has 100 valence electrons. The molecule has 0 saturated carbocycles. The van der Waals surface area contributed by atoms with Gasteiger partial charge in [0.2, 0.25) is 5.78 Å². The summed E-state index contributed by atoms with van der Waals surface area (Å²) in [5, 5.41) is 4.16. The quantitative estimate of drug-likeness (QED) is 0.764. The highest BCUT2D eigenvalue weighted by Gasteiger charge is 2.21. The second-order valence-electron chi connectivity index (χ2n) is 4.16. The Morgan fingerprint density at radius 3 is 2.68 bits per heavy atom. The van der Waals surface area contributed by atoms with Crippen molar-refractivity contribution in [2.75, 3.05) is 7.11 Å². The van der Waals surface area contributed by atoms with Gasteiger partial charge in [0.05, 0.1) is 25.2 Å². The van der Waals surface area contributed by atoms with Crippen LogP contribution in [0.3, 0.4) is 0 Å². The van der Waals surface area contributed by atoms with Crippen LogP contribution in [-0.2, 0) is 6.54 Å². The van der Waals surface area contributed by atoms with Crippen LogP contribution in [-0.4, -0.2) is 32.6 Å². The number of carbonyl (C=O) groups is 1. The Kier molecular flexibility index (Phi) is 3.89. The highest BCUT2D eigenvalue weighted by Crippen LogP contribution is 2.20. The van der Waals surface area contributed by atoms with Gasteiger partial charge in [-0.3, -0.25) is 14.5 Å². The van der Waals surface area contributed by atoms with Crippen molar-refractivity contribution in [1.29, 1.82) is 0 Å². The number of aromatic nitrogens is 4. The third-order valence-electron chi connectivity index (χ3n) is 2.69. The Morgan fingerprint density at radius 2 is 2.11 bits per heavy atom. The van der Waals surface area contributed by atoms with Gasteiger partial charge in [-0.05, 0) is 13.3 Å². The molecule has 0 aliphatic rings. The first-order valence-electron chi connectivity index (χ1n) is 6.10. The van der Waals surface area contributed by atoms with E-state index in [4.69, 9.17) is 4.74 Å². The van der Waals surface area contributed by atoms with Gasteiger partial charge >= 0.3 is 0 Å². The van der Waals surface area contributed by atoms with E-state index in [-0.39, 0.29) is 5.78 Å². The molecule has 0 bridgehead atoms. The van der Waals surface area contributed by atoms with Crippen molar-refractivity contribution in [2.24, 2.45) is 0 Å². The molecule has 0 N–H and O–H groups in total. The average Bonchev–Trinajstić information content (AvgIpc) is 2.82. The van der Waals surface area contributed by atoms with Crippen molar-refractivity contribution in [3.8, 4) is 5.75 Å². The first-order valence-corrected chi connectivity index (χ1v) is 6.10. The van der Waals surface area contributed by atoms with Gasteiger partial charge in [0.15, 0.2) is 11.4 Å². The lowest BCUT2D eigenvalue weighted by atomic mass is 10.2. The van der Waals surface area contributed by atoms with Crippen LogP contribution in [0.2, 0.25) is 0 Å². The topological polar surface area (TPSA) is 69.9 Å². The first kappa shape index (κ1) is 13.2. The summed E-state index contributed by atoms with van der Waals surface area (Å²) in [5.41, 5.74) is 1.48. The molecule has 2 rings (SSSR count). The van der Waals surface area contributed by atoms with Crippen molar-refractivity contribution in [2.45, 2.75) is 26.8 Å². The van der Waals surface area contributed by atoms with E-state index in [0.29, 0.717) is 23.7 Å². The number of methoxy groups -OCH3 is 1. The summed E-state index contributed by atoms with van der Waals surface area (Å²) in [5.74, 6) is 0.233. The van der Waals surface area contributed by atoms with Crippen LogP contribution in [0.1, 0.15) is 35.2 Å². The smallest absolute Gasteiger partial charge is 0.234 e. The summed E-state index contributed by atoms with van der Waals surface area (Å²) < 4.78 is 6.83. The molecule has 2 aromatic rings. The van der Waals surface area contributed by atoms with Gasteiger partial charge in [-0.2, -0.15) is 5.10 Å². The minimum absolute atomic E-state index is 0.227. The molecule has 2 aromatic heterocycles. The summed E-state index contributed by atoms with van der Waals surface area (Å²) in [6.07, 6.45) is 5.47. The number of hydrogen-bond acceptors (Lipinski definition) is 5. The fourth-order valence-corrected chi connectivity index (χ4v) is 1.76. The maximum absolute atomic E-state index is 12.5. The van der Waals surface area contributed by atoms with Crippen LogP contribution < -0.4 is 4.74 Å². The van der Waals surface area contributed by atoms with Gasteiger partial charge in [0.1, 0.15) is 5.69 Å². The summed E-state index contributed by atoms with van der Waals surface area (Å²) in [4.78, 5) is 20.6. The van der Waals surface area contributed by atoms with E-state index in [1.807, 2.05) is 13.8 Å². The molecule has 0 saturated heterocycles. The molecule has 0 unspecified atom stereocenters. The molecule has 0 atom stereocenters. The molecule has 0 amide bonds. The highest BCUT2D eigenvalue weighted by atomic mass is 16.5. The molecule has 6 nitrogen and oxygen atoms in total. The SMILES string of the molecule is CCCn1ncc(OC)c1C(=O)c1cnc(C)cn1. The lowest BCUT2D eigenvalue weighted by molar-refractivity contribution is 0.102. The van der Waals surface area contributed by atoms with Crippen molar-refractivity contribution in [3.63, 3.8) is 0 Å². The standard InChI is InChI=1S/C13H16N4O2/c1-4-5-17-12(11(19-3)8-16-17)13(18)10-7-14-9(2)6-15-10/h6-8H,4-5H2,1-3H3. The summed E-state index contributed by atoms with van der Waals surface area (Å²) in [6.45, 7) is 4.50. The Hall–Kier alpha value is -2.24. The van der Waals surface area contributed by atoms with E-state index in [2.05, 4.69) is 15.1 Å². The average molecular weight is 260 g/mol. The number of carbonyl (C=O) groups excluding carboxylic acids is 1. The molecule has 0 aromatic carbocycles. The fourth-order valence-electron chi connectivity index (χ4n) is 1.76. The second-order valence-corrected chi connectivity index (χ2v) is 4.16. The van der Waals surface area contributed by atoms with Crippen LogP contribution in [0.25, 0.3) is 0 Å². The van der Waals surface area contributed by atoms with Gasteiger partial charge in [-0.1, -0.05) is 6.92 Å². The molecular weight excluding hydrogens is 244 g/mol. The molecule has 6 heteroatoms. The van der Waals surface area contributed by atoms with Gasteiger partial charge in [-0.15, -0.1) is 0 Å². The van der Waals surface area contributed by atoms with Gasteiger partial charge in [-0.25, -0.2) is 4.98 Å². The van der Waals surface area contributed by atoms with Crippen molar-refractivity contribution < 1.29 is 9.53 Å². The Balaban J connectivity index is 2.42. The summed E-state index contributed by atoms with van der Waals surface area (Å²) >= 11 is 0. The van der Waals surface area contributed by atoms with E-state index in [1.165, 1.54) is 13.3 Å². The third-order valence-corrected chi connectivity index (χ3v) is 2.69. The van der Waals surface area contributed by atoms with Gasteiger partial charge in [0.25, 0.3) is 0 Å². The van der Waals surface area contributed by atoms with E-state index in [9.17, 15) is 4.79 Å². The molecule has 0 fully saturated rings. The monoisotopic (exact) mass is 260 g/mol. The van der Waals surface area contributed by atoms with Crippen LogP contribution in [0.5, 0.6) is 5.75 Å². The zero-order valence-corrected chi connectivity index (χ0v) is 11.3. The van der Waals surface area contributed by atoms with Crippen LogP contribution in [0.4, 0.5) is 0 Å². The first-order chi connectivity index (χ1) is 9.17. The lowest BCUT2D eigenvalue weighted by Gasteiger charge is -2.06. The Morgan fingerprint density at radius 1 is 1.32 bits per heavy atom. The largest absolute Gasteiger partial charge is 0.493 e. The number of ether oxygens (including phenoxy) is 1. The van der Waals surface area contributed by atoms with Crippen LogP contribution in [0.15, 0.2) is 18.6 Å². The number of nitrogens with zero attached hydrogens (tertiary/aromatic N) is 4. The lowest BCUT2D eigenvalue weighted by Crippen LogP contribution is -2.14. The normalized spacial score (nSPS) is 10.5.